The number of hydrogen-bond acceptors (Lipinski definition) is 3. The van der Waals surface area contributed by atoms with Crippen molar-refractivity contribution in [1.82, 2.24) is 10.2 Å². The summed E-state index contributed by atoms with van der Waals surface area (Å²) in [5, 5.41) is 3.75. The zero-order valence-corrected chi connectivity index (χ0v) is 13.5. The standard InChI is InChI=1S/C18H28N2O/c1-4-20(16-11-14-9-10-15(12-16)19-14)13(2)17-7-5-6-8-18(17)21-3/h5-8,13-16,19H,4,9-12H2,1-3H3. The minimum Gasteiger partial charge on any atom is -0.496 e. The summed E-state index contributed by atoms with van der Waals surface area (Å²) in [5.41, 5.74) is 1.31. The predicted molar refractivity (Wildman–Crippen MR) is 86.8 cm³/mol. The zero-order chi connectivity index (χ0) is 14.8. The van der Waals surface area contributed by atoms with Crippen LogP contribution in [0.2, 0.25) is 0 Å². The smallest absolute Gasteiger partial charge is 0.123 e. The SMILES string of the molecule is CCN(C1CC2CCC(C1)N2)C(C)c1ccccc1OC. The molecule has 0 radical (unpaired) electrons. The maximum atomic E-state index is 5.56. The number of piperidine rings is 1. The van der Waals surface area contributed by atoms with E-state index in [4.69, 9.17) is 4.74 Å². The van der Waals surface area contributed by atoms with Crippen LogP contribution in [0.1, 0.15) is 51.1 Å². The summed E-state index contributed by atoms with van der Waals surface area (Å²) in [6, 6.07) is 11.1. The molecule has 1 aromatic carbocycles. The first-order chi connectivity index (χ1) is 10.2. The summed E-state index contributed by atoms with van der Waals surface area (Å²) in [6.07, 6.45) is 5.32. The molecule has 116 valence electrons. The Morgan fingerprint density at radius 1 is 1.24 bits per heavy atom. The third-order valence-corrected chi connectivity index (χ3v) is 5.37. The molecule has 0 aromatic heterocycles. The van der Waals surface area contributed by atoms with E-state index in [1.807, 2.05) is 0 Å². The number of ether oxygens (including phenoxy) is 1. The molecule has 0 saturated carbocycles. The molecule has 3 atom stereocenters. The van der Waals surface area contributed by atoms with E-state index in [9.17, 15) is 0 Å². The lowest BCUT2D eigenvalue weighted by molar-refractivity contribution is 0.106. The van der Waals surface area contributed by atoms with Gasteiger partial charge in [0.1, 0.15) is 5.75 Å². The normalized spacial score (nSPS) is 29.6. The highest BCUT2D eigenvalue weighted by Crippen LogP contribution is 2.36. The van der Waals surface area contributed by atoms with Crippen LogP contribution < -0.4 is 10.1 Å². The highest BCUT2D eigenvalue weighted by atomic mass is 16.5. The van der Waals surface area contributed by atoms with Crippen LogP contribution in [-0.4, -0.2) is 36.7 Å². The van der Waals surface area contributed by atoms with Crippen molar-refractivity contribution in [1.29, 1.82) is 0 Å². The summed E-state index contributed by atoms with van der Waals surface area (Å²) in [4.78, 5) is 2.67. The first kappa shape index (κ1) is 14.9. The van der Waals surface area contributed by atoms with E-state index in [-0.39, 0.29) is 0 Å². The summed E-state index contributed by atoms with van der Waals surface area (Å²) in [7, 11) is 1.77. The largest absolute Gasteiger partial charge is 0.496 e. The van der Waals surface area contributed by atoms with E-state index in [0.29, 0.717) is 12.1 Å². The van der Waals surface area contributed by atoms with Gasteiger partial charge >= 0.3 is 0 Å². The van der Waals surface area contributed by atoms with E-state index in [0.717, 1.165) is 24.4 Å². The van der Waals surface area contributed by atoms with Gasteiger partial charge in [0, 0.05) is 29.7 Å². The lowest BCUT2D eigenvalue weighted by Gasteiger charge is -2.41. The molecule has 2 saturated heterocycles. The van der Waals surface area contributed by atoms with E-state index in [2.05, 4.69) is 48.3 Å². The average molecular weight is 288 g/mol. The predicted octanol–water partition coefficient (Wildman–Crippen LogP) is 3.36. The van der Waals surface area contributed by atoms with Crippen LogP contribution in [0.3, 0.4) is 0 Å². The van der Waals surface area contributed by atoms with Crippen LogP contribution in [0.25, 0.3) is 0 Å². The molecule has 0 spiro atoms. The van der Waals surface area contributed by atoms with Gasteiger partial charge < -0.3 is 10.1 Å². The molecule has 2 heterocycles. The van der Waals surface area contributed by atoms with Gasteiger partial charge in [-0.15, -0.1) is 0 Å². The minimum absolute atomic E-state index is 0.411. The quantitative estimate of drug-likeness (QED) is 0.899. The fourth-order valence-corrected chi connectivity index (χ4v) is 4.34. The maximum Gasteiger partial charge on any atom is 0.123 e. The number of fused-ring (bicyclic) bond motifs is 2. The molecule has 0 aliphatic carbocycles. The van der Waals surface area contributed by atoms with Gasteiger partial charge in [0.05, 0.1) is 7.11 Å². The maximum absolute atomic E-state index is 5.56. The van der Waals surface area contributed by atoms with E-state index in [1.165, 1.54) is 31.2 Å². The highest BCUT2D eigenvalue weighted by molar-refractivity contribution is 5.35. The van der Waals surface area contributed by atoms with Crippen LogP contribution >= 0.6 is 0 Å². The van der Waals surface area contributed by atoms with Crippen molar-refractivity contribution < 1.29 is 4.74 Å². The molecule has 21 heavy (non-hydrogen) atoms. The van der Waals surface area contributed by atoms with Crippen LogP contribution in [0, 0.1) is 0 Å². The Hall–Kier alpha value is -1.06. The third-order valence-electron chi connectivity index (χ3n) is 5.37. The van der Waals surface area contributed by atoms with Crippen molar-refractivity contribution in [2.75, 3.05) is 13.7 Å². The zero-order valence-electron chi connectivity index (χ0n) is 13.5. The second-order valence-corrected chi connectivity index (χ2v) is 6.51. The van der Waals surface area contributed by atoms with Crippen LogP contribution in [-0.2, 0) is 0 Å². The number of nitrogens with zero attached hydrogens (tertiary/aromatic N) is 1. The van der Waals surface area contributed by atoms with Crippen molar-refractivity contribution in [2.45, 2.75) is 63.7 Å². The van der Waals surface area contributed by atoms with Crippen LogP contribution in [0.4, 0.5) is 0 Å². The second kappa shape index (κ2) is 6.37. The van der Waals surface area contributed by atoms with Crippen LogP contribution in [0.5, 0.6) is 5.75 Å². The Kier molecular flexibility index (Phi) is 4.51. The monoisotopic (exact) mass is 288 g/mol. The molecule has 3 nitrogen and oxygen atoms in total. The molecule has 2 fully saturated rings. The number of benzene rings is 1. The number of methoxy groups -OCH3 is 1. The van der Waals surface area contributed by atoms with E-state index >= 15 is 0 Å². The molecule has 3 unspecified atom stereocenters. The molecule has 2 bridgehead atoms. The Morgan fingerprint density at radius 2 is 1.90 bits per heavy atom. The Morgan fingerprint density at radius 3 is 2.52 bits per heavy atom. The summed E-state index contributed by atoms with van der Waals surface area (Å²) >= 11 is 0. The van der Waals surface area contributed by atoms with Crippen molar-refractivity contribution in [2.24, 2.45) is 0 Å². The average Bonchev–Trinajstić information content (AvgIpc) is 2.86. The fourth-order valence-electron chi connectivity index (χ4n) is 4.34. The number of para-hydroxylation sites is 1. The second-order valence-electron chi connectivity index (χ2n) is 6.51. The van der Waals surface area contributed by atoms with Crippen molar-refractivity contribution >= 4 is 0 Å². The first-order valence-corrected chi connectivity index (χ1v) is 8.37. The highest BCUT2D eigenvalue weighted by Gasteiger charge is 2.37. The third kappa shape index (κ3) is 2.95. The molecule has 1 aromatic rings. The molecule has 2 aliphatic heterocycles. The molecule has 2 aliphatic rings. The molecule has 0 amide bonds. The molecule has 3 rings (SSSR count). The number of nitrogens with one attached hydrogen (secondary N) is 1. The Balaban J connectivity index is 1.79. The first-order valence-electron chi connectivity index (χ1n) is 8.37. The fraction of sp³-hybridized carbons (Fsp3) is 0.667. The number of hydrogen-bond donors (Lipinski definition) is 1. The van der Waals surface area contributed by atoms with Crippen molar-refractivity contribution in [3.05, 3.63) is 29.8 Å². The van der Waals surface area contributed by atoms with Gasteiger partial charge in [0.15, 0.2) is 0 Å². The van der Waals surface area contributed by atoms with Crippen molar-refractivity contribution in [3.8, 4) is 5.75 Å². The van der Waals surface area contributed by atoms with Gasteiger partial charge in [-0.1, -0.05) is 25.1 Å². The van der Waals surface area contributed by atoms with Gasteiger partial charge in [0.2, 0.25) is 0 Å². The summed E-state index contributed by atoms with van der Waals surface area (Å²) < 4.78 is 5.56. The Labute approximate surface area is 128 Å². The van der Waals surface area contributed by atoms with Gasteiger partial charge in [-0.2, -0.15) is 0 Å². The lowest BCUT2D eigenvalue weighted by atomic mass is 9.95. The summed E-state index contributed by atoms with van der Waals surface area (Å²) in [6.45, 7) is 5.71. The number of rotatable bonds is 5. The van der Waals surface area contributed by atoms with E-state index in [1.54, 1.807) is 7.11 Å². The van der Waals surface area contributed by atoms with E-state index < -0.39 is 0 Å². The molecule has 3 heteroatoms. The van der Waals surface area contributed by atoms with Gasteiger partial charge in [-0.05, 0) is 45.2 Å². The van der Waals surface area contributed by atoms with Crippen molar-refractivity contribution in [3.63, 3.8) is 0 Å². The topological polar surface area (TPSA) is 24.5 Å². The lowest BCUT2D eigenvalue weighted by Crippen LogP contribution is -2.48. The van der Waals surface area contributed by atoms with Gasteiger partial charge in [-0.3, -0.25) is 4.90 Å². The minimum atomic E-state index is 0.411. The molecule has 1 N–H and O–H groups in total. The Bertz CT molecular complexity index is 464. The van der Waals surface area contributed by atoms with Crippen LogP contribution in [0.15, 0.2) is 24.3 Å². The van der Waals surface area contributed by atoms with Gasteiger partial charge in [0.25, 0.3) is 0 Å². The summed E-state index contributed by atoms with van der Waals surface area (Å²) in [5.74, 6) is 1.01. The van der Waals surface area contributed by atoms with Gasteiger partial charge in [-0.25, -0.2) is 0 Å². The molecular weight excluding hydrogens is 260 g/mol. The molecular formula is C18H28N2O.